The average molecular weight is 317 g/mol. The van der Waals surface area contributed by atoms with E-state index in [4.69, 9.17) is 4.74 Å². The summed E-state index contributed by atoms with van der Waals surface area (Å²) in [5, 5.41) is 0. The van der Waals surface area contributed by atoms with Gasteiger partial charge in [0.05, 0.1) is 12.2 Å². The monoisotopic (exact) mass is 316 g/mol. The molecule has 0 spiro atoms. The van der Waals surface area contributed by atoms with Crippen LogP contribution in [-0.2, 0) is 4.74 Å². The van der Waals surface area contributed by atoms with Gasteiger partial charge in [-0.1, -0.05) is 55.5 Å². The van der Waals surface area contributed by atoms with Crippen molar-refractivity contribution in [3.8, 4) is 0 Å². The molecule has 0 saturated heterocycles. The summed E-state index contributed by atoms with van der Waals surface area (Å²) in [6.45, 7) is 4.77. The zero-order valence-electron chi connectivity index (χ0n) is 12.0. The van der Waals surface area contributed by atoms with E-state index >= 15 is 0 Å². The molecule has 0 amide bonds. The molecule has 0 bridgehead atoms. The summed E-state index contributed by atoms with van der Waals surface area (Å²) in [5.74, 6) is 1.70. The maximum Gasteiger partial charge on any atom is 0.0703 e. The highest BCUT2D eigenvalue weighted by Gasteiger charge is 2.29. The molecule has 0 N–H and O–H groups in total. The maximum atomic E-state index is 6.47. The number of halogens is 1. The molecule has 1 nitrogen and oxygen atoms in total. The van der Waals surface area contributed by atoms with Gasteiger partial charge in [-0.05, 0) is 43.9 Å². The quantitative estimate of drug-likeness (QED) is 0.627. The fourth-order valence-electron chi connectivity index (χ4n) is 3.79. The summed E-state index contributed by atoms with van der Waals surface area (Å²) in [7, 11) is 0. The molecule has 0 aromatic carbocycles. The lowest BCUT2D eigenvalue weighted by molar-refractivity contribution is -0.0543. The predicted octanol–water partition coefficient (Wildman–Crippen LogP) is 5.31. The topological polar surface area (TPSA) is 9.23 Å². The van der Waals surface area contributed by atoms with E-state index in [9.17, 15) is 0 Å². The van der Waals surface area contributed by atoms with Crippen LogP contribution in [0.25, 0.3) is 0 Å². The van der Waals surface area contributed by atoms with Crippen molar-refractivity contribution in [3.63, 3.8) is 0 Å². The van der Waals surface area contributed by atoms with Crippen molar-refractivity contribution in [2.75, 3.05) is 0 Å². The van der Waals surface area contributed by atoms with Crippen LogP contribution in [0.4, 0.5) is 0 Å². The Labute approximate surface area is 121 Å². The van der Waals surface area contributed by atoms with E-state index in [-0.39, 0.29) is 0 Å². The van der Waals surface area contributed by atoms with Crippen molar-refractivity contribution in [1.29, 1.82) is 0 Å². The van der Waals surface area contributed by atoms with Gasteiger partial charge in [0.25, 0.3) is 0 Å². The Hall–Kier alpha value is 0.440. The summed E-state index contributed by atoms with van der Waals surface area (Å²) in [5.41, 5.74) is 0. The van der Waals surface area contributed by atoms with Gasteiger partial charge in [-0.2, -0.15) is 0 Å². The third kappa shape index (κ3) is 4.52. The second kappa shape index (κ2) is 7.28. The average Bonchev–Trinajstić information content (AvgIpc) is 2.28. The van der Waals surface area contributed by atoms with E-state index in [0.29, 0.717) is 17.0 Å². The molecule has 0 aliphatic heterocycles. The van der Waals surface area contributed by atoms with Crippen LogP contribution in [0.1, 0.15) is 71.6 Å². The molecule has 0 aromatic heterocycles. The molecule has 2 saturated carbocycles. The van der Waals surface area contributed by atoms with E-state index < -0.39 is 0 Å². The summed E-state index contributed by atoms with van der Waals surface area (Å²) in [4.78, 5) is 0.588. The highest BCUT2D eigenvalue weighted by Crippen LogP contribution is 2.34. The van der Waals surface area contributed by atoms with E-state index in [1.165, 1.54) is 57.8 Å². The van der Waals surface area contributed by atoms with Crippen LogP contribution < -0.4 is 0 Å². The minimum Gasteiger partial charge on any atom is -0.374 e. The first-order valence-corrected chi connectivity index (χ1v) is 8.86. The zero-order chi connectivity index (χ0) is 13.0. The van der Waals surface area contributed by atoms with Crippen molar-refractivity contribution in [2.45, 2.75) is 88.7 Å². The van der Waals surface area contributed by atoms with Gasteiger partial charge in [-0.3, -0.25) is 0 Å². The predicted molar refractivity (Wildman–Crippen MR) is 81.3 cm³/mol. The Morgan fingerprint density at radius 2 is 1.44 bits per heavy atom. The van der Waals surface area contributed by atoms with Crippen LogP contribution in [0.5, 0.6) is 0 Å². The smallest absolute Gasteiger partial charge is 0.0703 e. The lowest BCUT2D eigenvalue weighted by Gasteiger charge is -2.36. The molecule has 2 aliphatic carbocycles. The number of ether oxygens (including phenoxy) is 1. The Morgan fingerprint density at radius 3 is 2.11 bits per heavy atom. The molecule has 0 heterocycles. The highest BCUT2D eigenvalue weighted by molar-refractivity contribution is 9.09. The molecule has 4 unspecified atom stereocenters. The molecule has 2 fully saturated rings. The van der Waals surface area contributed by atoms with E-state index in [1.807, 2.05) is 0 Å². The van der Waals surface area contributed by atoms with Crippen molar-refractivity contribution in [3.05, 3.63) is 0 Å². The lowest BCUT2D eigenvalue weighted by Crippen LogP contribution is -2.34. The van der Waals surface area contributed by atoms with Crippen molar-refractivity contribution in [1.82, 2.24) is 0 Å². The summed E-state index contributed by atoms with van der Waals surface area (Å²) in [6.07, 6.45) is 13.0. The Morgan fingerprint density at radius 1 is 0.833 bits per heavy atom. The first-order chi connectivity index (χ1) is 8.65. The van der Waals surface area contributed by atoms with Crippen molar-refractivity contribution >= 4 is 15.9 Å². The Kier molecular flexibility index (Phi) is 6.00. The van der Waals surface area contributed by atoms with Gasteiger partial charge >= 0.3 is 0 Å². The molecular formula is C16H29BrO. The van der Waals surface area contributed by atoms with Crippen LogP contribution in [0.15, 0.2) is 0 Å². The van der Waals surface area contributed by atoms with E-state index in [2.05, 4.69) is 29.8 Å². The molecule has 4 atom stereocenters. The molecule has 2 heteroatoms. The summed E-state index contributed by atoms with van der Waals surface area (Å²) < 4.78 is 6.47. The van der Waals surface area contributed by atoms with Gasteiger partial charge in [0.2, 0.25) is 0 Å². The standard InChI is InChI=1S/C16H29BrO/c1-12-9-13(2)11-14(10-12)18-16-8-6-4-3-5-7-15(16)17/h12-16H,3-11H2,1-2H3. The fraction of sp³-hybridized carbons (Fsp3) is 1.00. The van der Waals surface area contributed by atoms with Crippen LogP contribution >= 0.6 is 15.9 Å². The summed E-state index contributed by atoms with van der Waals surface area (Å²) >= 11 is 3.87. The first kappa shape index (κ1) is 14.8. The molecule has 0 radical (unpaired) electrons. The Bertz CT molecular complexity index is 233. The number of alkyl halides is 1. The minimum atomic E-state index is 0.466. The minimum absolute atomic E-state index is 0.466. The largest absolute Gasteiger partial charge is 0.374 e. The number of hydrogen-bond donors (Lipinski definition) is 0. The molecule has 106 valence electrons. The van der Waals surface area contributed by atoms with Crippen molar-refractivity contribution in [2.24, 2.45) is 11.8 Å². The second-order valence-electron chi connectivity index (χ2n) is 6.72. The maximum absolute atomic E-state index is 6.47. The van der Waals surface area contributed by atoms with E-state index in [1.54, 1.807) is 0 Å². The first-order valence-electron chi connectivity index (χ1n) is 7.94. The molecule has 2 rings (SSSR count). The van der Waals surface area contributed by atoms with E-state index in [0.717, 1.165) is 11.8 Å². The fourth-order valence-corrected chi connectivity index (χ4v) is 4.50. The van der Waals surface area contributed by atoms with Crippen molar-refractivity contribution < 1.29 is 4.74 Å². The normalized spacial score (nSPS) is 43.2. The molecule has 2 aliphatic rings. The van der Waals surface area contributed by atoms with Crippen LogP contribution in [-0.4, -0.2) is 17.0 Å². The Balaban J connectivity index is 1.85. The molecule has 18 heavy (non-hydrogen) atoms. The zero-order valence-corrected chi connectivity index (χ0v) is 13.6. The van der Waals surface area contributed by atoms with Gasteiger partial charge in [-0.25, -0.2) is 0 Å². The lowest BCUT2D eigenvalue weighted by atomic mass is 9.81. The van der Waals surface area contributed by atoms with Crippen LogP contribution in [0.3, 0.4) is 0 Å². The highest BCUT2D eigenvalue weighted by atomic mass is 79.9. The van der Waals surface area contributed by atoms with Gasteiger partial charge in [0, 0.05) is 4.83 Å². The molecular weight excluding hydrogens is 288 g/mol. The third-order valence-electron chi connectivity index (χ3n) is 4.62. The van der Waals surface area contributed by atoms with Gasteiger partial charge in [-0.15, -0.1) is 0 Å². The summed E-state index contributed by atoms with van der Waals surface area (Å²) in [6, 6.07) is 0. The third-order valence-corrected chi connectivity index (χ3v) is 5.67. The number of hydrogen-bond acceptors (Lipinski definition) is 1. The van der Waals surface area contributed by atoms with Gasteiger partial charge in [0.1, 0.15) is 0 Å². The molecule has 0 aromatic rings. The number of rotatable bonds is 2. The van der Waals surface area contributed by atoms with Gasteiger partial charge in [0.15, 0.2) is 0 Å². The second-order valence-corrected chi connectivity index (χ2v) is 7.90. The SMILES string of the molecule is CC1CC(C)CC(OC2CCCCCCC2Br)C1. The van der Waals surface area contributed by atoms with Crippen LogP contribution in [0.2, 0.25) is 0 Å². The van der Waals surface area contributed by atoms with Crippen LogP contribution in [0, 0.1) is 11.8 Å². The van der Waals surface area contributed by atoms with Gasteiger partial charge < -0.3 is 4.74 Å².